The Balaban J connectivity index is 1.89. The number of nitrogens with one attached hydrogen (secondary N) is 1. The molecule has 94 valence electrons. The highest BCUT2D eigenvalue weighted by Crippen LogP contribution is 2.34. The number of hydrogen-bond acceptors (Lipinski definition) is 2. The van der Waals surface area contributed by atoms with E-state index in [9.17, 15) is 0 Å². The molecular formula is C14H23N3. The highest BCUT2D eigenvalue weighted by Gasteiger charge is 2.25. The van der Waals surface area contributed by atoms with Gasteiger partial charge in [-0.1, -0.05) is 26.2 Å². The lowest BCUT2D eigenvalue weighted by atomic mass is 9.96. The molecule has 3 rings (SSSR count). The van der Waals surface area contributed by atoms with Crippen molar-refractivity contribution >= 4 is 0 Å². The van der Waals surface area contributed by atoms with Crippen LogP contribution in [0.4, 0.5) is 0 Å². The van der Waals surface area contributed by atoms with Crippen molar-refractivity contribution in [3.63, 3.8) is 0 Å². The summed E-state index contributed by atoms with van der Waals surface area (Å²) < 4.78 is 2.51. The van der Waals surface area contributed by atoms with Gasteiger partial charge >= 0.3 is 0 Å². The summed E-state index contributed by atoms with van der Waals surface area (Å²) in [7, 11) is 0. The Morgan fingerprint density at radius 1 is 1.29 bits per heavy atom. The molecule has 0 saturated heterocycles. The molecule has 3 heteroatoms. The zero-order chi connectivity index (χ0) is 11.7. The molecule has 1 saturated carbocycles. The summed E-state index contributed by atoms with van der Waals surface area (Å²) >= 11 is 0. The van der Waals surface area contributed by atoms with Crippen LogP contribution in [0.25, 0.3) is 0 Å². The van der Waals surface area contributed by atoms with E-state index in [1.165, 1.54) is 43.5 Å². The zero-order valence-electron chi connectivity index (χ0n) is 10.8. The summed E-state index contributed by atoms with van der Waals surface area (Å²) in [5, 5.41) is 3.40. The van der Waals surface area contributed by atoms with Crippen LogP contribution in [0.3, 0.4) is 0 Å². The molecule has 1 aromatic heterocycles. The lowest BCUT2D eigenvalue weighted by molar-refractivity contribution is 0.325. The molecule has 0 spiro atoms. The predicted molar refractivity (Wildman–Crippen MR) is 68.9 cm³/mol. The predicted octanol–water partition coefficient (Wildman–Crippen LogP) is 2.67. The number of imidazole rings is 1. The van der Waals surface area contributed by atoms with Gasteiger partial charge in [-0.25, -0.2) is 4.98 Å². The smallest absolute Gasteiger partial charge is 0.0954 e. The zero-order valence-corrected chi connectivity index (χ0v) is 10.8. The van der Waals surface area contributed by atoms with Crippen molar-refractivity contribution in [2.45, 2.75) is 58.0 Å². The molecule has 1 aromatic rings. The molecule has 1 aliphatic carbocycles. The van der Waals surface area contributed by atoms with E-state index in [1.807, 2.05) is 0 Å². The van der Waals surface area contributed by atoms with Crippen LogP contribution >= 0.6 is 0 Å². The van der Waals surface area contributed by atoms with E-state index in [-0.39, 0.29) is 0 Å². The minimum absolute atomic E-state index is 0.701. The van der Waals surface area contributed by atoms with Crippen LogP contribution in [0.5, 0.6) is 0 Å². The molecule has 2 aliphatic rings. The van der Waals surface area contributed by atoms with Gasteiger partial charge in [0.1, 0.15) is 0 Å². The van der Waals surface area contributed by atoms with E-state index in [0.29, 0.717) is 6.04 Å². The molecular weight excluding hydrogens is 210 g/mol. The van der Waals surface area contributed by atoms with Crippen molar-refractivity contribution in [3.8, 4) is 0 Å². The molecule has 0 bridgehead atoms. The molecule has 0 radical (unpaired) electrons. The summed E-state index contributed by atoms with van der Waals surface area (Å²) in [6.45, 7) is 4.49. The topological polar surface area (TPSA) is 29.9 Å². The number of rotatable bonds is 1. The first-order valence-electron chi connectivity index (χ1n) is 7.11. The molecule has 2 atom stereocenters. The second-order valence-corrected chi connectivity index (χ2v) is 5.65. The van der Waals surface area contributed by atoms with E-state index < -0.39 is 0 Å². The fourth-order valence-corrected chi connectivity index (χ4v) is 3.43. The monoisotopic (exact) mass is 233 g/mol. The molecule has 0 aromatic carbocycles. The van der Waals surface area contributed by atoms with Gasteiger partial charge in [0.25, 0.3) is 0 Å². The molecule has 0 amide bonds. The van der Waals surface area contributed by atoms with Crippen LogP contribution in [0.2, 0.25) is 0 Å². The Bertz CT molecular complexity index is 383. The van der Waals surface area contributed by atoms with Crippen molar-refractivity contribution in [2.75, 3.05) is 6.54 Å². The van der Waals surface area contributed by atoms with Gasteiger partial charge in [-0.2, -0.15) is 0 Å². The fourth-order valence-electron chi connectivity index (χ4n) is 3.43. The first kappa shape index (κ1) is 11.3. The molecule has 3 nitrogen and oxygen atoms in total. The van der Waals surface area contributed by atoms with Crippen molar-refractivity contribution in [3.05, 3.63) is 17.7 Å². The molecule has 2 unspecified atom stereocenters. The first-order chi connectivity index (χ1) is 8.36. The number of fused-ring (bicyclic) bond motifs is 1. The van der Waals surface area contributed by atoms with Gasteiger partial charge < -0.3 is 9.88 Å². The number of nitrogens with zero attached hydrogens (tertiary/aromatic N) is 2. The third-order valence-corrected chi connectivity index (χ3v) is 4.49. The van der Waals surface area contributed by atoms with Crippen LogP contribution in [-0.2, 0) is 13.0 Å². The fraction of sp³-hybridized carbons (Fsp3) is 0.786. The van der Waals surface area contributed by atoms with Crippen LogP contribution in [0, 0.1) is 5.92 Å². The normalized spacial score (nSPS) is 29.7. The Hall–Kier alpha value is -0.830. The minimum atomic E-state index is 0.701. The van der Waals surface area contributed by atoms with Gasteiger partial charge in [0.05, 0.1) is 12.0 Å². The van der Waals surface area contributed by atoms with E-state index >= 15 is 0 Å². The van der Waals surface area contributed by atoms with Crippen LogP contribution < -0.4 is 5.32 Å². The van der Waals surface area contributed by atoms with Crippen LogP contribution in [-0.4, -0.2) is 16.1 Å². The maximum atomic E-state index is 4.60. The van der Waals surface area contributed by atoms with Crippen molar-refractivity contribution in [1.29, 1.82) is 0 Å². The van der Waals surface area contributed by atoms with Gasteiger partial charge in [0, 0.05) is 31.2 Å². The quantitative estimate of drug-likeness (QED) is 0.756. The summed E-state index contributed by atoms with van der Waals surface area (Å²) in [5.74, 6) is 0.811. The van der Waals surface area contributed by atoms with Crippen molar-refractivity contribution < 1.29 is 0 Å². The van der Waals surface area contributed by atoms with Crippen LogP contribution in [0.15, 0.2) is 6.33 Å². The third kappa shape index (κ3) is 2.13. The highest BCUT2D eigenvalue weighted by atomic mass is 15.1. The number of hydrogen-bond donors (Lipinski definition) is 1. The number of aromatic nitrogens is 2. The van der Waals surface area contributed by atoms with Crippen molar-refractivity contribution in [2.24, 2.45) is 5.92 Å². The van der Waals surface area contributed by atoms with E-state index in [2.05, 4.69) is 28.1 Å². The summed E-state index contributed by atoms with van der Waals surface area (Å²) in [4.78, 5) is 4.60. The first-order valence-corrected chi connectivity index (χ1v) is 7.11. The second-order valence-electron chi connectivity index (χ2n) is 5.65. The average molecular weight is 233 g/mol. The second kappa shape index (κ2) is 4.81. The Morgan fingerprint density at radius 3 is 3.12 bits per heavy atom. The van der Waals surface area contributed by atoms with Gasteiger partial charge in [0.15, 0.2) is 0 Å². The molecule has 2 heterocycles. The standard InChI is InChI=1S/C14H23N3/c1-11-5-3-2-4-6-13(11)17-10-16-12-9-15-8-7-14(12)17/h10-11,13,15H,2-9H2,1H3. The van der Waals surface area contributed by atoms with Crippen molar-refractivity contribution in [1.82, 2.24) is 14.9 Å². The van der Waals surface area contributed by atoms with Gasteiger partial charge in [-0.15, -0.1) is 0 Å². The van der Waals surface area contributed by atoms with E-state index in [4.69, 9.17) is 0 Å². The Morgan fingerprint density at radius 2 is 2.18 bits per heavy atom. The van der Waals surface area contributed by atoms with Gasteiger partial charge in [-0.3, -0.25) is 0 Å². The molecule has 1 aliphatic heterocycles. The lowest BCUT2D eigenvalue weighted by Gasteiger charge is -2.26. The Labute approximate surface area is 104 Å². The highest BCUT2D eigenvalue weighted by molar-refractivity contribution is 5.17. The molecule has 1 N–H and O–H groups in total. The minimum Gasteiger partial charge on any atom is -0.331 e. The SMILES string of the molecule is CC1CCCCCC1n1cnc2c1CCNC2. The Kier molecular flexibility index (Phi) is 3.19. The van der Waals surface area contributed by atoms with Gasteiger partial charge in [-0.05, 0) is 18.8 Å². The lowest BCUT2D eigenvalue weighted by Crippen LogP contribution is -2.27. The average Bonchev–Trinajstić information content (AvgIpc) is 2.66. The third-order valence-electron chi connectivity index (χ3n) is 4.49. The van der Waals surface area contributed by atoms with E-state index in [0.717, 1.165) is 25.4 Å². The molecule has 1 fully saturated rings. The molecule has 17 heavy (non-hydrogen) atoms. The van der Waals surface area contributed by atoms with Crippen LogP contribution in [0.1, 0.15) is 56.5 Å². The maximum Gasteiger partial charge on any atom is 0.0954 e. The summed E-state index contributed by atoms with van der Waals surface area (Å²) in [6, 6.07) is 0.701. The van der Waals surface area contributed by atoms with Gasteiger partial charge in [0.2, 0.25) is 0 Å². The maximum absolute atomic E-state index is 4.60. The summed E-state index contributed by atoms with van der Waals surface area (Å²) in [6.07, 6.45) is 10.2. The largest absolute Gasteiger partial charge is 0.331 e. The summed E-state index contributed by atoms with van der Waals surface area (Å²) in [5.41, 5.74) is 2.79. The van der Waals surface area contributed by atoms with E-state index in [1.54, 1.807) is 0 Å².